The van der Waals surface area contributed by atoms with Crippen molar-refractivity contribution in [3.63, 3.8) is 0 Å². The fourth-order valence-electron chi connectivity index (χ4n) is 3.09. The van der Waals surface area contributed by atoms with E-state index in [0.717, 1.165) is 13.0 Å². The van der Waals surface area contributed by atoms with Crippen LogP contribution in [-0.2, 0) is 0 Å². The molecular weight excluding hydrogens is 222 g/mol. The Bertz CT molecular complexity index is 375. The molecule has 1 aliphatic heterocycles. The number of hydrogen-bond acceptors (Lipinski definition) is 3. The third-order valence-corrected chi connectivity index (χ3v) is 4.23. The minimum Gasteiger partial charge on any atom is -0.326 e. The molecule has 0 bridgehead atoms. The fourth-order valence-corrected chi connectivity index (χ4v) is 3.09. The average Bonchev–Trinajstić information content (AvgIpc) is 2.71. The van der Waals surface area contributed by atoms with E-state index in [1.165, 1.54) is 18.4 Å². The Hall–Kier alpha value is -0.930. The first-order valence-electron chi connectivity index (χ1n) is 6.98. The van der Waals surface area contributed by atoms with Crippen molar-refractivity contribution in [2.45, 2.75) is 57.7 Å². The zero-order chi connectivity index (χ0) is 13.2. The van der Waals surface area contributed by atoms with Gasteiger partial charge in [0.15, 0.2) is 0 Å². The SMILES string of the molecule is CCC(N)C(c1ccncc1)N1CCCC1(C)C. The molecule has 100 valence electrons. The summed E-state index contributed by atoms with van der Waals surface area (Å²) >= 11 is 0. The molecule has 0 radical (unpaired) electrons. The van der Waals surface area contributed by atoms with Gasteiger partial charge >= 0.3 is 0 Å². The third-order valence-electron chi connectivity index (χ3n) is 4.23. The molecule has 0 saturated carbocycles. The van der Waals surface area contributed by atoms with Crippen LogP contribution in [0.1, 0.15) is 51.6 Å². The maximum absolute atomic E-state index is 6.39. The molecule has 1 aromatic heterocycles. The van der Waals surface area contributed by atoms with Crippen molar-refractivity contribution in [3.8, 4) is 0 Å². The molecule has 0 amide bonds. The summed E-state index contributed by atoms with van der Waals surface area (Å²) in [6.07, 6.45) is 7.26. The highest BCUT2D eigenvalue weighted by molar-refractivity contribution is 5.19. The first-order valence-corrected chi connectivity index (χ1v) is 6.98. The minimum absolute atomic E-state index is 0.185. The van der Waals surface area contributed by atoms with Gasteiger partial charge in [-0.3, -0.25) is 9.88 Å². The normalized spacial score (nSPS) is 22.9. The summed E-state index contributed by atoms with van der Waals surface area (Å²) in [5.41, 5.74) is 7.94. The first-order chi connectivity index (χ1) is 8.56. The van der Waals surface area contributed by atoms with Crippen LogP contribution in [0.4, 0.5) is 0 Å². The number of likely N-dealkylation sites (tertiary alicyclic amines) is 1. The largest absolute Gasteiger partial charge is 0.326 e. The van der Waals surface area contributed by atoms with Gasteiger partial charge in [-0.25, -0.2) is 0 Å². The zero-order valence-corrected chi connectivity index (χ0v) is 11.8. The molecule has 3 heteroatoms. The van der Waals surface area contributed by atoms with Crippen LogP contribution >= 0.6 is 0 Å². The van der Waals surface area contributed by atoms with Crippen molar-refractivity contribution in [3.05, 3.63) is 30.1 Å². The molecule has 1 saturated heterocycles. The highest BCUT2D eigenvalue weighted by Crippen LogP contribution is 2.38. The van der Waals surface area contributed by atoms with Gasteiger partial charge in [-0.2, -0.15) is 0 Å². The van der Waals surface area contributed by atoms with Gasteiger partial charge < -0.3 is 5.73 Å². The number of nitrogens with zero attached hydrogens (tertiary/aromatic N) is 2. The van der Waals surface area contributed by atoms with E-state index in [4.69, 9.17) is 5.73 Å². The smallest absolute Gasteiger partial charge is 0.0505 e. The van der Waals surface area contributed by atoms with Crippen LogP contribution < -0.4 is 5.73 Å². The second kappa shape index (κ2) is 5.37. The van der Waals surface area contributed by atoms with E-state index in [9.17, 15) is 0 Å². The van der Waals surface area contributed by atoms with Gasteiger partial charge in [0.2, 0.25) is 0 Å². The Kier molecular flexibility index (Phi) is 4.03. The summed E-state index contributed by atoms with van der Waals surface area (Å²) in [6, 6.07) is 4.71. The number of rotatable bonds is 4. The zero-order valence-electron chi connectivity index (χ0n) is 11.8. The molecule has 0 aromatic carbocycles. The molecule has 3 nitrogen and oxygen atoms in total. The highest BCUT2D eigenvalue weighted by Gasteiger charge is 2.39. The van der Waals surface area contributed by atoms with Gasteiger partial charge in [-0.1, -0.05) is 6.92 Å². The first kappa shape index (κ1) is 13.5. The van der Waals surface area contributed by atoms with Crippen LogP contribution in [0.25, 0.3) is 0 Å². The number of aromatic nitrogens is 1. The van der Waals surface area contributed by atoms with Crippen LogP contribution in [0.15, 0.2) is 24.5 Å². The lowest BCUT2D eigenvalue weighted by molar-refractivity contribution is 0.0964. The molecule has 2 heterocycles. The lowest BCUT2D eigenvalue weighted by atomic mass is 9.92. The van der Waals surface area contributed by atoms with Crippen molar-refractivity contribution < 1.29 is 0 Å². The van der Waals surface area contributed by atoms with Crippen LogP contribution in [0.3, 0.4) is 0 Å². The Morgan fingerprint density at radius 3 is 2.56 bits per heavy atom. The van der Waals surface area contributed by atoms with E-state index in [0.29, 0.717) is 6.04 Å². The molecule has 1 aliphatic rings. The maximum atomic E-state index is 6.39. The third kappa shape index (κ3) is 2.57. The van der Waals surface area contributed by atoms with Crippen molar-refractivity contribution in [1.82, 2.24) is 9.88 Å². The van der Waals surface area contributed by atoms with Crippen molar-refractivity contribution >= 4 is 0 Å². The van der Waals surface area contributed by atoms with Crippen molar-refractivity contribution in [1.29, 1.82) is 0 Å². The Morgan fingerprint density at radius 2 is 2.06 bits per heavy atom. The van der Waals surface area contributed by atoms with Crippen LogP contribution in [0.2, 0.25) is 0 Å². The summed E-state index contributed by atoms with van der Waals surface area (Å²) in [5.74, 6) is 0. The minimum atomic E-state index is 0.185. The summed E-state index contributed by atoms with van der Waals surface area (Å²) < 4.78 is 0. The fraction of sp³-hybridized carbons (Fsp3) is 0.667. The topological polar surface area (TPSA) is 42.1 Å². The monoisotopic (exact) mass is 247 g/mol. The van der Waals surface area contributed by atoms with E-state index in [1.54, 1.807) is 0 Å². The number of nitrogens with two attached hydrogens (primary N) is 1. The Balaban J connectivity index is 2.32. The average molecular weight is 247 g/mol. The summed E-state index contributed by atoms with van der Waals surface area (Å²) in [7, 11) is 0. The van der Waals surface area contributed by atoms with Gasteiger partial charge in [-0.15, -0.1) is 0 Å². The standard InChI is InChI=1S/C15H25N3/c1-4-13(16)14(12-6-9-17-10-7-12)18-11-5-8-15(18,2)3/h6-7,9-10,13-14H,4-5,8,11,16H2,1-3H3. The van der Waals surface area contributed by atoms with E-state index in [2.05, 4.69) is 42.8 Å². The summed E-state index contributed by atoms with van der Waals surface area (Å²) in [6.45, 7) is 7.97. The summed E-state index contributed by atoms with van der Waals surface area (Å²) in [4.78, 5) is 6.70. The molecular formula is C15H25N3. The number of pyridine rings is 1. The van der Waals surface area contributed by atoms with Crippen molar-refractivity contribution in [2.24, 2.45) is 5.73 Å². The second-order valence-corrected chi connectivity index (χ2v) is 5.91. The second-order valence-electron chi connectivity index (χ2n) is 5.91. The predicted molar refractivity (Wildman–Crippen MR) is 75.3 cm³/mol. The molecule has 2 rings (SSSR count). The molecule has 1 aromatic rings. The quantitative estimate of drug-likeness (QED) is 0.889. The van der Waals surface area contributed by atoms with Gasteiger partial charge in [-0.05, 0) is 57.4 Å². The Morgan fingerprint density at radius 1 is 1.39 bits per heavy atom. The molecule has 0 spiro atoms. The van der Waals surface area contributed by atoms with Gasteiger partial charge in [0.05, 0.1) is 6.04 Å². The molecule has 2 atom stereocenters. The lowest BCUT2D eigenvalue weighted by Crippen LogP contribution is -2.47. The number of hydrogen-bond donors (Lipinski definition) is 1. The van der Waals surface area contributed by atoms with Crippen LogP contribution in [0.5, 0.6) is 0 Å². The highest BCUT2D eigenvalue weighted by atomic mass is 15.2. The summed E-state index contributed by atoms with van der Waals surface area (Å²) in [5, 5.41) is 0. The van der Waals surface area contributed by atoms with E-state index in [1.807, 2.05) is 12.4 Å². The van der Waals surface area contributed by atoms with E-state index >= 15 is 0 Å². The van der Waals surface area contributed by atoms with Gasteiger partial charge in [0, 0.05) is 24.0 Å². The van der Waals surface area contributed by atoms with Crippen molar-refractivity contribution in [2.75, 3.05) is 6.54 Å². The van der Waals surface area contributed by atoms with Crippen LogP contribution in [-0.4, -0.2) is 28.0 Å². The van der Waals surface area contributed by atoms with E-state index < -0.39 is 0 Å². The van der Waals surface area contributed by atoms with E-state index in [-0.39, 0.29) is 11.6 Å². The molecule has 0 aliphatic carbocycles. The van der Waals surface area contributed by atoms with Gasteiger partial charge in [0.25, 0.3) is 0 Å². The molecule has 1 fully saturated rings. The molecule has 2 N–H and O–H groups in total. The predicted octanol–water partition coefficient (Wildman–Crippen LogP) is 2.73. The lowest BCUT2D eigenvalue weighted by Gasteiger charge is -2.41. The molecule has 18 heavy (non-hydrogen) atoms. The van der Waals surface area contributed by atoms with Gasteiger partial charge in [0.1, 0.15) is 0 Å². The van der Waals surface area contributed by atoms with Crippen LogP contribution in [0, 0.1) is 0 Å². The Labute approximate surface area is 110 Å². The maximum Gasteiger partial charge on any atom is 0.0505 e. The molecule has 2 unspecified atom stereocenters.